The molecule has 21 heavy (non-hydrogen) atoms. The SMILES string of the molecule is CC(c1ccccc1F)n1c(CCl)nc2cccc(Cl)c21. The maximum Gasteiger partial charge on any atom is 0.128 e. The van der Waals surface area contributed by atoms with Gasteiger partial charge in [-0.1, -0.05) is 35.9 Å². The van der Waals surface area contributed by atoms with Crippen molar-refractivity contribution in [2.45, 2.75) is 18.8 Å². The summed E-state index contributed by atoms with van der Waals surface area (Å²) < 4.78 is 16.0. The van der Waals surface area contributed by atoms with Crippen molar-refractivity contribution in [3.05, 3.63) is 64.7 Å². The zero-order chi connectivity index (χ0) is 15.0. The maximum absolute atomic E-state index is 14.1. The molecule has 0 saturated carbocycles. The highest BCUT2D eigenvalue weighted by molar-refractivity contribution is 6.35. The van der Waals surface area contributed by atoms with Crippen molar-refractivity contribution in [3.63, 3.8) is 0 Å². The summed E-state index contributed by atoms with van der Waals surface area (Å²) >= 11 is 12.3. The third-order valence-electron chi connectivity index (χ3n) is 3.60. The van der Waals surface area contributed by atoms with Gasteiger partial charge in [0.15, 0.2) is 0 Å². The van der Waals surface area contributed by atoms with E-state index in [9.17, 15) is 4.39 Å². The van der Waals surface area contributed by atoms with E-state index in [1.54, 1.807) is 18.2 Å². The van der Waals surface area contributed by atoms with Crippen LogP contribution in [-0.4, -0.2) is 9.55 Å². The molecule has 5 heteroatoms. The van der Waals surface area contributed by atoms with Crippen LogP contribution in [0.3, 0.4) is 0 Å². The summed E-state index contributed by atoms with van der Waals surface area (Å²) in [6, 6.07) is 12.0. The van der Waals surface area contributed by atoms with Crippen LogP contribution >= 0.6 is 23.2 Å². The first-order valence-corrected chi connectivity index (χ1v) is 7.50. The third-order valence-corrected chi connectivity index (χ3v) is 4.14. The van der Waals surface area contributed by atoms with E-state index < -0.39 is 0 Å². The van der Waals surface area contributed by atoms with Crippen LogP contribution in [0, 0.1) is 5.82 Å². The lowest BCUT2D eigenvalue weighted by Gasteiger charge is -2.18. The summed E-state index contributed by atoms with van der Waals surface area (Å²) in [5.41, 5.74) is 2.13. The molecule has 0 aliphatic carbocycles. The van der Waals surface area contributed by atoms with Gasteiger partial charge in [-0.2, -0.15) is 0 Å². The molecule has 1 heterocycles. The molecule has 3 aromatic rings. The van der Waals surface area contributed by atoms with Crippen LogP contribution in [0.1, 0.15) is 24.4 Å². The van der Waals surface area contributed by atoms with E-state index in [-0.39, 0.29) is 17.7 Å². The van der Waals surface area contributed by atoms with Crippen LogP contribution in [-0.2, 0) is 5.88 Å². The maximum atomic E-state index is 14.1. The molecule has 0 saturated heterocycles. The molecule has 0 spiro atoms. The first-order valence-electron chi connectivity index (χ1n) is 6.59. The van der Waals surface area contributed by atoms with Crippen molar-refractivity contribution in [1.29, 1.82) is 0 Å². The average molecular weight is 323 g/mol. The van der Waals surface area contributed by atoms with Crippen molar-refractivity contribution in [1.82, 2.24) is 9.55 Å². The van der Waals surface area contributed by atoms with Gasteiger partial charge in [-0.3, -0.25) is 0 Å². The zero-order valence-electron chi connectivity index (χ0n) is 11.4. The minimum Gasteiger partial charge on any atom is -0.318 e. The largest absolute Gasteiger partial charge is 0.318 e. The van der Waals surface area contributed by atoms with E-state index in [0.717, 1.165) is 11.0 Å². The first kappa shape index (κ1) is 14.4. The lowest BCUT2D eigenvalue weighted by molar-refractivity contribution is 0.556. The minimum atomic E-state index is -0.251. The Morgan fingerprint density at radius 3 is 2.67 bits per heavy atom. The van der Waals surface area contributed by atoms with Gasteiger partial charge in [0.25, 0.3) is 0 Å². The van der Waals surface area contributed by atoms with Crippen molar-refractivity contribution < 1.29 is 4.39 Å². The van der Waals surface area contributed by atoms with Crippen molar-refractivity contribution >= 4 is 34.2 Å². The normalized spacial score (nSPS) is 12.8. The molecule has 1 aromatic heterocycles. The average Bonchev–Trinajstić information content (AvgIpc) is 2.87. The Hall–Kier alpha value is -1.58. The third kappa shape index (κ3) is 2.41. The molecule has 1 unspecified atom stereocenters. The number of hydrogen-bond acceptors (Lipinski definition) is 1. The highest BCUT2D eigenvalue weighted by Crippen LogP contribution is 2.31. The number of halogens is 3. The van der Waals surface area contributed by atoms with Gasteiger partial charge in [-0.25, -0.2) is 9.37 Å². The van der Waals surface area contributed by atoms with E-state index in [1.165, 1.54) is 6.07 Å². The number of para-hydroxylation sites is 1. The Kier molecular flexibility index (Phi) is 3.87. The van der Waals surface area contributed by atoms with Crippen LogP contribution in [0.25, 0.3) is 11.0 Å². The Bertz CT molecular complexity index is 798. The predicted molar refractivity (Wildman–Crippen MR) is 84.5 cm³/mol. The minimum absolute atomic E-state index is 0.240. The van der Waals surface area contributed by atoms with E-state index in [4.69, 9.17) is 23.2 Å². The molecule has 108 valence electrons. The molecule has 3 rings (SSSR count). The van der Waals surface area contributed by atoms with Crippen LogP contribution in [0.4, 0.5) is 4.39 Å². The zero-order valence-corrected chi connectivity index (χ0v) is 12.9. The van der Waals surface area contributed by atoms with E-state index >= 15 is 0 Å². The molecule has 0 bridgehead atoms. The fraction of sp³-hybridized carbons (Fsp3) is 0.188. The number of rotatable bonds is 3. The van der Waals surface area contributed by atoms with Crippen LogP contribution in [0.2, 0.25) is 5.02 Å². The van der Waals surface area contributed by atoms with E-state index in [2.05, 4.69) is 4.98 Å². The molecule has 0 fully saturated rings. The summed E-state index contributed by atoms with van der Waals surface area (Å²) in [6.07, 6.45) is 0. The predicted octanol–water partition coefficient (Wildman–Crippen LogP) is 5.18. The van der Waals surface area contributed by atoms with Gasteiger partial charge in [-0.15, -0.1) is 11.6 Å². The van der Waals surface area contributed by atoms with Crippen molar-refractivity contribution in [2.24, 2.45) is 0 Å². The van der Waals surface area contributed by atoms with E-state index in [1.807, 2.05) is 29.7 Å². The van der Waals surface area contributed by atoms with E-state index in [0.29, 0.717) is 16.4 Å². The molecule has 0 aliphatic rings. The summed E-state index contributed by atoms with van der Waals surface area (Å²) in [4.78, 5) is 4.49. The van der Waals surface area contributed by atoms with Gasteiger partial charge in [0, 0.05) is 5.56 Å². The second-order valence-electron chi connectivity index (χ2n) is 4.84. The fourth-order valence-electron chi connectivity index (χ4n) is 2.62. The smallest absolute Gasteiger partial charge is 0.128 e. The highest BCUT2D eigenvalue weighted by atomic mass is 35.5. The number of nitrogens with zero attached hydrogens (tertiary/aromatic N) is 2. The van der Waals surface area contributed by atoms with Gasteiger partial charge in [0.1, 0.15) is 11.6 Å². The Morgan fingerprint density at radius 2 is 1.95 bits per heavy atom. The molecular weight excluding hydrogens is 310 g/mol. The second-order valence-corrected chi connectivity index (χ2v) is 5.51. The monoisotopic (exact) mass is 322 g/mol. The second kappa shape index (κ2) is 5.66. The summed E-state index contributed by atoms with van der Waals surface area (Å²) in [6.45, 7) is 1.92. The summed E-state index contributed by atoms with van der Waals surface area (Å²) in [5, 5.41) is 0.583. The van der Waals surface area contributed by atoms with Gasteiger partial charge < -0.3 is 4.57 Å². The van der Waals surface area contributed by atoms with Crippen molar-refractivity contribution in [3.8, 4) is 0 Å². The number of fused-ring (bicyclic) bond motifs is 1. The molecule has 0 radical (unpaired) electrons. The molecule has 0 aliphatic heterocycles. The quantitative estimate of drug-likeness (QED) is 0.608. The number of imidazole rings is 1. The Morgan fingerprint density at radius 1 is 1.19 bits per heavy atom. The lowest BCUT2D eigenvalue weighted by Crippen LogP contribution is -2.11. The molecule has 2 nitrogen and oxygen atoms in total. The Labute approximate surface area is 132 Å². The summed E-state index contributed by atoms with van der Waals surface area (Å²) in [7, 11) is 0. The first-order chi connectivity index (χ1) is 10.1. The summed E-state index contributed by atoms with van der Waals surface area (Å²) in [5.74, 6) is 0.666. The molecule has 2 aromatic carbocycles. The topological polar surface area (TPSA) is 17.8 Å². The number of benzene rings is 2. The lowest BCUT2D eigenvalue weighted by atomic mass is 10.1. The molecular formula is C16H13Cl2FN2. The highest BCUT2D eigenvalue weighted by Gasteiger charge is 2.20. The van der Waals surface area contributed by atoms with Gasteiger partial charge in [0.2, 0.25) is 0 Å². The standard InChI is InChI=1S/C16H13Cl2FN2/c1-10(11-5-2-3-7-13(11)19)21-15(9-17)20-14-8-4-6-12(18)16(14)21/h2-8,10H,9H2,1H3. The van der Waals surface area contributed by atoms with Gasteiger partial charge >= 0.3 is 0 Å². The Balaban J connectivity index is 2.26. The molecule has 0 N–H and O–H groups in total. The van der Waals surface area contributed by atoms with Gasteiger partial charge in [0.05, 0.1) is 28.0 Å². The molecule has 0 amide bonds. The molecule has 1 atom stereocenters. The number of alkyl halides is 1. The van der Waals surface area contributed by atoms with Crippen LogP contribution in [0.5, 0.6) is 0 Å². The van der Waals surface area contributed by atoms with Crippen molar-refractivity contribution in [2.75, 3.05) is 0 Å². The fourth-order valence-corrected chi connectivity index (χ4v) is 3.07. The number of aromatic nitrogens is 2. The van der Waals surface area contributed by atoms with Crippen LogP contribution in [0.15, 0.2) is 42.5 Å². The van der Waals surface area contributed by atoms with Crippen LogP contribution < -0.4 is 0 Å². The van der Waals surface area contributed by atoms with Gasteiger partial charge in [-0.05, 0) is 25.1 Å². The number of hydrogen-bond donors (Lipinski definition) is 0.